The zero-order valence-electron chi connectivity index (χ0n) is 17.8. The number of sulfonamides is 1. The number of ether oxygens (including phenoxy) is 1. The van der Waals surface area contributed by atoms with E-state index in [1.807, 2.05) is 18.2 Å². The number of fused-ring (bicyclic) bond motifs is 1. The SMILES string of the molecule is COc1ccc2nc(SCC(=O)Nc3ccc(S(=O)(=O)N4CCCCCC4)cc3)[nH]c2c1. The van der Waals surface area contributed by atoms with E-state index in [0.717, 1.165) is 42.5 Å². The van der Waals surface area contributed by atoms with Gasteiger partial charge in [0, 0.05) is 24.8 Å². The summed E-state index contributed by atoms with van der Waals surface area (Å²) in [5.41, 5.74) is 2.20. The third-order valence-electron chi connectivity index (χ3n) is 5.35. The molecule has 0 saturated carbocycles. The molecular weight excluding hydrogens is 448 g/mol. The Kier molecular flexibility index (Phi) is 7.02. The largest absolute Gasteiger partial charge is 0.497 e. The highest BCUT2D eigenvalue weighted by Gasteiger charge is 2.25. The highest BCUT2D eigenvalue weighted by atomic mass is 32.2. The molecule has 2 heterocycles. The number of carbonyl (C=O) groups excluding carboxylic acids is 1. The smallest absolute Gasteiger partial charge is 0.243 e. The van der Waals surface area contributed by atoms with Crippen LogP contribution in [0.25, 0.3) is 11.0 Å². The van der Waals surface area contributed by atoms with E-state index in [0.29, 0.717) is 23.9 Å². The molecule has 0 atom stereocenters. The number of anilines is 1. The number of benzene rings is 2. The van der Waals surface area contributed by atoms with Gasteiger partial charge in [-0.05, 0) is 49.2 Å². The number of rotatable bonds is 7. The number of nitrogens with zero attached hydrogens (tertiary/aromatic N) is 2. The Hall–Kier alpha value is -2.56. The number of hydrogen-bond donors (Lipinski definition) is 2. The van der Waals surface area contributed by atoms with Crippen LogP contribution >= 0.6 is 11.8 Å². The lowest BCUT2D eigenvalue weighted by atomic mass is 10.2. The maximum absolute atomic E-state index is 12.9. The first kappa shape index (κ1) is 22.6. The van der Waals surface area contributed by atoms with Crippen LogP contribution in [0.15, 0.2) is 52.5 Å². The Balaban J connectivity index is 1.34. The van der Waals surface area contributed by atoms with Gasteiger partial charge in [0.2, 0.25) is 15.9 Å². The molecule has 1 aliphatic rings. The van der Waals surface area contributed by atoms with E-state index >= 15 is 0 Å². The van der Waals surface area contributed by atoms with Gasteiger partial charge in [0.15, 0.2) is 5.16 Å². The van der Waals surface area contributed by atoms with Crippen LogP contribution in [-0.4, -0.2) is 54.6 Å². The van der Waals surface area contributed by atoms with Crippen molar-refractivity contribution >= 4 is 44.4 Å². The number of nitrogens with one attached hydrogen (secondary N) is 2. The summed E-state index contributed by atoms with van der Waals surface area (Å²) < 4.78 is 32.5. The Labute approximate surface area is 191 Å². The van der Waals surface area contributed by atoms with Crippen molar-refractivity contribution in [2.45, 2.75) is 35.7 Å². The van der Waals surface area contributed by atoms with E-state index < -0.39 is 10.0 Å². The molecule has 1 saturated heterocycles. The van der Waals surface area contributed by atoms with Crippen molar-refractivity contribution in [2.24, 2.45) is 0 Å². The predicted octanol–water partition coefficient (Wildman–Crippen LogP) is 3.87. The maximum atomic E-state index is 12.9. The van der Waals surface area contributed by atoms with Crippen molar-refractivity contribution in [3.8, 4) is 5.75 Å². The van der Waals surface area contributed by atoms with Gasteiger partial charge in [0.05, 0.1) is 28.8 Å². The van der Waals surface area contributed by atoms with Gasteiger partial charge in [-0.1, -0.05) is 24.6 Å². The number of amides is 1. The van der Waals surface area contributed by atoms with Crippen LogP contribution < -0.4 is 10.1 Å². The molecule has 1 fully saturated rings. The molecule has 10 heteroatoms. The van der Waals surface area contributed by atoms with Gasteiger partial charge >= 0.3 is 0 Å². The van der Waals surface area contributed by atoms with Gasteiger partial charge in [-0.3, -0.25) is 4.79 Å². The number of H-pyrrole nitrogens is 1. The first-order valence-corrected chi connectivity index (χ1v) is 12.9. The fourth-order valence-corrected chi connectivity index (χ4v) is 5.84. The molecule has 0 aliphatic carbocycles. The van der Waals surface area contributed by atoms with Gasteiger partial charge in [0.25, 0.3) is 0 Å². The quantitative estimate of drug-likeness (QED) is 0.504. The Morgan fingerprint density at radius 1 is 1.12 bits per heavy atom. The molecule has 32 heavy (non-hydrogen) atoms. The Morgan fingerprint density at radius 3 is 2.53 bits per heavy atom. The van der Waals surface area contributed by atoms with Crippen LogP contribution in [0.2, 0.25) is 0 Å². The number of imidazole rings is 1. The Morgan fingerprint density at radius 2 is 1.84 bits per heavy atom. The van der Waals surface area contributed by atoms with Crippen LogP contribution in [0.3, 0.4) is 0 Å². The minimum Gasteiger partial charge on any atom is -0.497 e. The number of aromatic nitrogens is 2. The van der Waals surface area contributed by atoms with Crippen LogP contribution in [0.4, 0.5) is 5.69 Å². The predicted molar refractivity (Wildman–Crippen MR) is 126 cm³/mol. The summed E-state index contributed by atoms with van der Waals surface area (Å²) in [6, 6.07) is 11.9. The molecule has 2 N–H and O–H groups in total. The van der Waals surface area contributed by atoms with Crippen LogP contribution in [0.5, 0.6) is 5.75 Å². The van der Waals surface area contributed by atoms with E-state index in [2.05, 4.69) is 15.3 Å². The summed E-state index contributed by atoms with van der Waals surface area (Å²) >= 11 is 1.29. The fourth-order valence-electron chi connectivity index (χ4n) is 3.63. The molecule has 4 rings (SSSR count). The van der Waals surface area contributed by atoms with E-state index in [4.69, 9.17) is 4.74 Å². The molecule has 8 nitrogen and oxygen atoms in total. The van der Waals surface area contributed by atoms with Gasteiger partial charge in [-0.15, -0.1) is 0 Å². The number of thioether (sulfide) groups is 1. The summed E-state index contributed by atoms with van der Waals surface area (Å²) in [5.74, 6) is 0.707. The first-order valence-electron chi connectivity index (χ1n) is 10.5. The first-order chi connectivity index (χ1) is 15.5. The molecule has 3 aromatic rings. The highest BCUT2D eigenvalue weighted by Crippen LogP contribution is 2.24. The average molecular weight is 475 g/mol. The zero-order chi connectivity index (χ0) is 22.6. The molecule has 2 aromatic carbocycles. The van der Waals surface area contributed by atoms with E-state index in [-0.39, 0.29) is 16.6 Å². The van der Waals surface area contributed by atoms with Crippen molar-refractivity contribution in [3.05, 3.63) is 42.5 Å². The normalized spacial score (nSPS) is 15.4. The second-order valence-electron chi connectivity index (χ2n) is 7.60. The monoisotopic (exact) mass is 474 g/mol. The van der Waals surface area contributed by atoms with Crippen molar-refractivity contribution < 1.29 is 17.9 Å². The van der Waals surface area contributed by atoms with Gasteiger partial charge in [-0.2, -0.15) is 4.31 Å². The molecule has 0 spiro atoms. The second-order valence-corrected chi connectivity index (χ2v) is 10.5. The summed E-state index contributed by atoms with van der Waals surface area (Å²) in [4.78, 5) is 20.2. The molecule has 1 amide bonds. The van der Waals surface area contributed by atoms with Crippen LogP contribution in [0.1, 0.15) is 25.7 Å². The number of methoxy groups -OCH3 is 1. The minimum atomic E-state index is -3.50. The van der Waals surface area contributed by atoms with Crippen molar-refractivity contribution in [1.82, 2.24) is 14.3 Å². The number of carbonyl (C=O) groups is 1. The molecule has 0 bridgehead atoms. The van der Waals surface area contributed by atoms with E-state index in [1.165, 1.54) is 11.8 Å². The summed E-state index contributed by atoms with van der Waals surface area (Å²) in [6.45, 7) is 1.12. The van der Waals surface area contributed by atoms with Crippen LogP contribution in [0, 0.1) is 0 Å². The second kappa shape index (κ2) is 9.93. The number of hydrogen-bond acceptors (Lipinski definition) is 6. The highest BCUT2D eigenvalue weighted by molar-refractivity contribution is 7.99. The van der Waals surface area contributed by atoms with Gasteiger partial charge < -0.3 is 15.0 Å². The van der Waals surface area contributed by atoms with Crippen molar-refractivity contribution in [3.63, 3.8) is 0 Å². The average Bonchev–Trinajstić information content (AvgIpc) is 2.99. The zero-order valence-corrected chi connectivity index (χ0v) is 19.5. The number of aromatic amines is 1. The topological polar surface area (TPSA) is 104 Å². The van der Waals surface area contributed by atoms with E-state index in [9.17, 15) is 13.2 Å². The summed E-state index contributed by atoms with van der Waals surface area (Å²) in [6.07, 6.45) is 3.92. The van der Waals surface area contributed by atoms with Crippen molar-refractivity contribution in [2.75, 3.05) is 31.3 Å². The molecule has 1 aromatic heterocycles. The van der Waals surface area contributed by atoms with Gasteiger partial charge in [0.1, 0.15) is 5.75 Å². The molecular formula is C22H26N4O4S2. The fraction of sp³-hybridized carbons (Fsp3) is 0.364. The molecule has 0 unspecified atom stereocenters. The van der Waals surface area contributed by atoms with Crippen LogP contribution in [-0.2, 0) is 14.8 Å². The lowest BCUT2D eigenvalue weighted by molar-refractivity contribution is -0.113. The van der Waals surface area contributed by atoms with E-state index in [1.54, 1.807) is 35.7 Å². The summed E-state index contributed by atoms with van der Waals surface area (Å²) in [5, 5.41) is 3.44. The molecule has 170 valence electrons. The lowest BCUT2D eigenvalue weighted by Crippen LogP contribution is -2.31. The standard InChI is InChI=1S/C22H26N4O4S2/c1-30-17-8-11-19-20(14-17)25-22(24-19)31-15-21(27)23-16-6-9-18(10-7-16)32(28,29)26-12-4-2-3-5-13-26/h6-11,14H,2-5,12-13,15H2,1H3,(H,23,27)(H,24,25). The molecule has 1 aliphatic heterocycles. The maximum Gasteiger partial charge on any atom is 0.243 e. The third kappa shape index (κ3) is 5.25. The third-order valence-corrected chi connectivity index (χ3v) is 8.13. The lowest BCUT2D eigenvalue weighted by Gasteiger charge is -2.20. The van der Waals surface area contributed by atoms with Crippen molar-refractivity contribution in [1.29, 1.82) is 0 Å². The van der Waals surface area contributed by atoms with Gasteiger partial charge in [-0.25, -0.2) is 13.4 Å². The Bertz CT molecular complexity index is 1180. The summed E-state index contributed by atoms with van der Waals surface area (Å²) in [7, 11) is -1.89. The molecule has 0 radical (unpaired) electrons. The minimum absolute atomic E-state index is 0.171.